The van der Waals surface area contributed by atoms with Crippen LogP contribution in [0.15, 0.2) is 30.6 Å². The Morgan fingerprint density at radius 3 is 1.20 bits per heavy atom. The summed E-state index contributed by atoms with van der Waals surface area (Å²) in [4.78, 5) is 3.78. The molecule has 0 aliphatic carbocycles. The van der Waals surface area contributed by atoms with Gasteiger partial charge in [-0.25, -0.2) is 0 Å². The Kier molecular flexibility index (Phi) is 36.4. The minimum absolute atomic E-state index is 0. The molecule has 0 unspecified atom stereocenters. The van der Waals surface area contributed by atoms with Gasteiger partial charge in [-0.2, -0.15) is 0 Å². The monoisotopic (exact) mass is 218 g/mol. The highest BCUT2D eigenvalue weighted by Crippen LogP contribution is 1.73. The van der Waals surface area contributed by atoms with Crippen LogP contribution in [-0.4, -0.2) is 4.98 Å². The lowest BCUT2D eigenvalue weighted by Crippen LogP contribution is -1.58. The predicted octanol–water partition coefficient (Wildman–Crippen LogP) is 3.21. The van der Waals surface area contributed by atoms with Gasteiger partial charge in [0.2, 0.25) is 0 Å². The number of hydrogen-bond donors (Lipinski definition) is 0. The second-order valence-corrected chi connectivity index (χ2v) is 1.02. The van der Waals surface area contributed by atoms with Crippen LogP contribution in [0, 0.1) is 0 Å². The van der Waals surface area contributed by atoms with E-state index in [9.17, 15) is 0 Å². The molecule has 1 heterocycles. The predicted molar refractivity (Wildman–Crippen MR) is 52.9 cm³/mol. The summed E-state index contributed by atoms with van der Waals surface area (Å²) in [7, 11) is 0. The number of rotatable bonds is 0. The van der Waals surface area contributed by atoms with Gasteiger partial charge in [0.15, 0.2) is 0 Å². The van der Waals surface area contributed by atoms with Crippen LogP contribution >= 0.6 is 47.1 Å². The highest BCUT2D eigenvalue weighted by Gasteiger charge is 1.58. The van der Waals surface area contributed by atoms with E-state index in [0.29, 0.717) is 0 Å². The molecule has 59 valence electrons. The highest BCUT2D eigenvalue weighted by molar-refractivity contribution is 6.92. The zero-order valence-corrected chi connectivity index (χ0v) is 8.35. The first-order valence-electron chi connectivity index (χ1n) is 1.85. The molecule has 10 heavy (non-hydrogen) atoms. The first-order chi connectivity index (χ1) is 3.00. The number of aromatic nitrogens is 1. The molecule has 0 aliphatic rings. The van der Waals surface area contributed by atoms with Crippen LogP contribution in [0.1, 0.15) is 0 Å². The molecule has 3 radical (unpaired) electrons. The summed E-state index contributed by atoms with van der Waals surface area (Å²) in [6.45, 7) is 0. The minimum Gasteiger partial charge on any atom is -0.265 e. The van der Waals surface area contributed by atoms with E-state index in [-0.39, 0.29) is 47.1 Å². The van der Waals surface area contributed by atoms with E-state index in [1.54, 1.807) is 12.4 Å². The Hall–Kier alpha value is 0.450. The number of halogens is 3. The lowest BCUT2D eigenvalue weighted by Gasteiger charge is -1.70. The minimum atomic E-state index is 0. The van der Waals surface area contributed by atoms with Crippen LogP contribution in [0.2, 0.25) is 0 Å². The summed E-state index contributed by atoms with van der Waals surface area (Å²) in [5.41, 5.74) is 0. The second-order valence-electron chi connectivity index (χ2n) is 1.02. The lowest BCUT2D eigenvalue weighted by atomic mass is 10.5. The van der Waals surface area contributed by atoms with Gasteiger partial charge in [-0.15, -0.1) is 37.2 Å². The zero-order valence-electron chi connectivity index (χ0n) is 5.01. The first-order valence-corrected chi connectivity index (χ1v) is 1.85. The van der Waals surface area contributed by atoms with Crippen molar-refractivity contribution in [2.45, 2.75) is 0 Å². The summed E-state index contributed by atoms with van der Waals surface area (Å²) >= 11 is 0. The van der Waals surface area contributed by atoms with Gasteiger partial charge in [0, 0.05) is 22.3 Å². The molecule has 0 saturated carbocycles. The van der Waals surface area contributed by atoms with Crippen LogP contribution in [0.4, 0.5) is 0 Å². The molecule has 1 nitrogen and oxygen atoms in total. The second kappa shape index (κ2) is 16.2. The molecule has 1 aromatic rings. The third-order valence-corrected chi connectivity index (χ3v) is 0.566. The molecule has 1 aromatic heterocycles. The molecule has 0 aliphatic heterocycles. The Labute approximate surface area is 82.9 Å². The molecule has 0 spiro atoms. The Morgan fingerprint density at radius 1 is 0.700 bits per heavy atom. The molecule has 0 saturated heterocycles. The van der Waals surface area contributed by atoms with Gasteiger partial charge < -0.3 is 0 Å². The van der Waals surface area contributed by atoms with Gasteiger partial charge in [-0.05, 0) is 12.1 Å². The van der Waals surface area contributed by atoms with E-state index >= 15 is 0 Å². The molecule has 0 amide bonds. The van der Waals surface area contributed by atoms with Crippen molar-refractivity contribution in [3.63, 3.8) is 0 Å². The summed E-state index contributed by atoms with van der Waals surface area (Å²) in [5.74, 6) is 0. The van der Waals surface area contributed by atoms with E-state index in [4.69, 9.17) is 0 Å². The van der Waals surface area contributed by atoms with Crippen LogP contribution in [0.5, 0.6) is 0 Å². The van der Waals surface area contributed by atoms with E-state index in [0.717, 1.165) is 0 Å². The molecule has 0 aromatic carbocycles. The molecule has 0 N–H and O–H groups in total. The maximum Gasteiger partial charge on any atom is 0.0267 e. The summed E-state index contributed by atoms with van der Waals surface area (Å²) < 4.78 is 0. The van der Waals surface area contributed by atoms with E-state index in [2.05, 4.69) is 4.98 Å². The van der Waals surface area contributed by atoms with Crippen molar-refractivity contribution in [2.24, 2.45) is 0 Å². The average Bonchev–Trinajstić information content (AvgIpc) is 1.72. The van der Waals surface area contributed by atoms with Gasteiger partial charge in [0.05, 0.1) is 0 Å². The quantitative estimate of drug-likeness (QED) is 0.611. The largest absolute Gasteiger partial charge is 0.265 e. The van der Waals surface area contributed by atoms with Crippen LogP contribution in [0.25, 0.3) is 0 Å². The molecule has 0 atom stereocenters. The molecule has 5 heteroatoms. The third kappa shape index (κ3) is 11.3. The zero-order chi connectivity index (χ0) is 4.24. The van der Waals surface area contributed by atoms with Gasteiger partial charge in [-0.3, -0.25) is 4.98 Å². The van der Waals surface area contributed by atoms with Crippen molar-refractivity contribution >= 4 is 47.1 Å². The lowest BCUT2D eigenvalue weighted by molar-refractivity contribution is 1.33. The van der Waals surface area contributed by atoms with Gasteiger partial charge in [0.1, 0.15) is 0 Å². The molecule has 0 fully saturated rings. The number of nitrogens with zero attached hydrogens (tertiary/aromatic N) is 1. The van der Waals surface area contributed by atoms with E-state index in [1.807, 2.05) is 18.2 Å². The molecular weight excluding hydrogens is 211 g/mol. The van der Waals surface area contributed by atoms with Crippen molar-refractivity contribution in [2.75, 3.05) is 0 Å². The average molecular weight is 219 g/mol. The maximum absolute atomic E-state index is 3.78. The summed E-state index contributed by atoms with van der Waals surface area (Å²) in [5, 5.41) is 0. The summed E-state index contributed by atoms with van der Waals surface area (Å²) in [6.07, 6.45) is 3.50. The normalized spacial score (nSPS) is 4.80. The van der Waals surface area contributed by atoms with Crippen molar-refractivity contribution < 1.29 is 0 Å². The van der Waals surface area contributed by atoms with Crippen molar-refractivity contribution in [3.05, 3.63) is 30.6 Å². The Balaban J connectivity index is -0.0000000450. The SMILES string of the molecule is Cl.Cl.Cl.[P].c1ccncc1. The molecule has 0 bridgehead atoms. The topological polar surface area (TPSA) is 12.9 Å². The smallest absolute Gasteiger partial charge is 0.0267 e. The number of pyridine rings is 1. The van der Waals surface area contributed by atoms with Crippen LogP contribution in [0.3, 0.4) is 0 Å². The fourth-order valence-electron chi connectivity index (χ4n) is 0.313. The Morgan fingerprint density at radius 2 is 1.10 bits per heavy atom. The van der Waals surface area contributed by atoms with Gasteiger partial charge in [-0.1, -0.05) is 6.07 Å². The highest BCUT2D eigenvalue weighted by atomic mass is 35.5. The maximum atomic E-state index is 3.78. The van der Waals surface area contributed by atoms with Gasteiger partial charge >= 0.3 is 0 Å². The van der Waals surface area contributed by atoms with Crippen LogP contribution in [-0.2, 0) is 0 Å². The third-order valence-electron chi connectivity index (χ3n) is 0.566. The Bertz CT molecular complexity index is 88.8. The van der Waals surface area contributed by atoms with E-state index in [1.165, 1.54) is 0 Å². The summed E-state index contributed by atoms with van der Waals surface area (Å²) in [6, 6.07) is 5.72. The van der Waals surface area contributed by atoms with Gasteiger partial charge in [0.25, 0.3) is 0 Å². The van der Waals surface area contributed by atoms with Crippen molar-refractivity contribution in [1.29, 1.82) is 0 Å². The molecular formula is C5H8Cl3NP. The van der Waals surface area contributed by atoms with Crippen molar-refractivity contribution in [3.8, 4) is 0 Å². The standard InChI is InChI=1S/C5H5N.3ClH.P/c1-2-4-6-5-3-1;;;;/h1-5H;3*1H;. The fraction of sp³-hybridized carbons (Fsp3) is 0. The van der Waals surface area contributed by atoms with Crippen molar-refractivity contribution in [1.82, 2.24) is 4.98 Å². The van der Waals surface area contributed by atoms with Crippen LogP contribution < -0.4 is 0 Å². The molecule has 1 rings (SSSR count). The first kappa shape index (κ1) is 22.4. The number of hydrogen-bond acceptors (Lipinski definition) is 1. The van der Waals surface area contributed by atoms with E-state index < -0.39 is 0 Å². The fourth-order valence-corrected chi connectivity index (χ4v) is 0.313.